The predicted molar refractivity (Wildman–Crippen MR) is 112 cm³/mol. The van der Waals surface area contributed by atoms with Crippen molar-refractivity contribution in [1.82, 2.24) is 30.2 Å². The summed E-state index contributed by atoms with van der Waals surface area (Å²) in [6, 6.07) is 2.42. The van der Waals surface area contributed by atoms with Crippen LogP contribution in [0.5, 0.6) is 0 Å². The molecule has 0 radical (unpaired) electrons. The Balaban J connectivity index is 0.00000210. The van der Waals surface area contributed by atoms with E-state index >= 15 is 0 Å². The Labute approximate surface area is 181 Å². The van der Waals surface area contributed by atoms with Crippen LogP contribution in [0.25, 0.3) is 0 Å². The van der Waals surface area contributed by atoms with Crippen LogP contribution in [0.4, 0.5) is 10.5 Å². The van der Waals surface area contributed by atoms with Crippen molar-refractivity contribution in [3.63, 3.8) is 0 Å². The van der Waals surface area contributed by atoms with Crippen molar-refractivity contribution in [3.8, 4) is 0 Å². The van der Waals surface area contributed by atoms with E-state index in [0.29, 0.717) is 25.2 Å². The topological polar surface area (TPSA) is 128 Å². The first-order chi connectivity index (χ1) is 12.9. The van der Waals surface area contributed by atoms with Gasteiger partial charge in [0.1, 0.15) is 6.10 Å². The fraction of sp³-hybridized carbons (Fsp3) is 0.529. The molecule has 2 heterocycles. The maximum Gasteiger partial charge on any atom is 0.319 e. The number of aromatic nitrogens is 4. The second-order valence-electron chi connectivity index (χ2n) is 7.09. The zero-order valence-electron chi connectivity index (χ0n) is 16.2. The molecule has 0 unspecified atom stereocenters. The lowest BCUT2D eigenvalue weighted by Gasteiger charge is -2.18. The lowest BCUT2D eigenvalue weighted by molar-refractivity contribution is 0.00878. The van der Waals surface area contributed by atoms with Crippen LogP contribution in [0.2, 0.25) is 0 Å². The third-order valence-corrected chi connectivity index (χ3v) is 4.52. The molecule has 162 valence electrons. The average Bonchev–Trinajstić information content (AvgIpc) is 3.15. The molecule has 1 saturated carbocycles. The van der Waals surface area contributed by atoms with Crippen LogP contribution < -0.4 is 10.6 Å². The number of nitrogens with one attached hydrogen (secondary N) is 2. The molecule has 1 aliphatic carbocycles. The first-order valence-electron chi connectivity index (χ1n) is 8.80. The molecule has 0 saturated heterocycles. The molecule has 4 atom stereocenters. The summed E-state index contributed by atoms with van der Waals surface area (Å²) < 4.78 is 1.66. The molecule has 1 aliphatic rings. The van der Waals surface area contributed by atoms with Crippen LogP contribution in [0.1, 0.15) is 12.1 Å². The zero-order chi connectivity index (χ0) is 19.4. The van der Waals surface area contributed by atoms with Crippen molar-refractivity contribution in [3.05, 3.63) is 36.4 Å². The minimum Gasteiger partial charge on any atom is -0.390 e. The molecule has 2 aromatic heterocycles. The van der Waals surface area contributed by atoms with E-state index in [1.807, 2.05) is 25.2 Å². The summed E-state index contributed by atoms with van der Waals surface area (Å²) in [6.07, 6.45) is 3.41. The SMILES string of the molecule is CN(C)Cc1cn(C[C@H]2C[C@@H](NC(=O)Nc3cccnc3)[C@H](O)[C@@H]2O)nn1.Cl.Cl. The number of urea groups is 1. The maximum atomic E-state index is 12.1. The second kappa shape index (κ2) is 11.3. The standard InChI is InChI=1S/C17H25N7O3.2ClH/c1-23(2)9-13-10-24(22-21-13)8-11-6-14(16(26)15(11)25)20-17(27)19-12-4-3-5-18-7-12;;/h3-5,7,10-11,14-16,25-26H,6,8-9H2,1-2H3,(H2,19,20,27);2*1H/t11-,14-,15-,16+;;/m1../s1. The quantitative estimate of drug-likeness (QED) is 0.507. The number of amides is 2. The highest BCUT2D eigenvalue weighted by atomic mass is 35.5. The first kappa shape index (κ1) is 25.1. The molecule has 3 rings (SSSR count). The van der Waals surface area contributed by atoms with Crippen molar-refractivity contribution in [2.24, 2.45) is 5.92 Å². The van der Waals surface area contributed by atoms with Crippen LogP contribution >= 0.6 is 24.8 Å². The van der Waals surface area contributed by atoms with E-state index < -0.39 is 24.3 Å². The zero-order valence-corrected chi connectivity index (χ0v) is 17.8. The summed E-state index contributed by atoms with van der Waals surface area (Å²) in [5.41, 5.74) is 1.38. The number of anilines is 1. The first-order valence-corrected chi connectivity index (χ1v) is 8.80. The lowest BCUT2D eigenvalue weighted by Crippen LogP contribution is -2.44. The molecular weight excluding hydrogens is 421 g/mol. The van der Waals surface area contributed by atoms with Gasteiger partial charge in [0.15, 0.2) is 0 Å². The van der Waals surface area contributed by atoms with Gasteiger partial charge in [0.05, 0.1) is 29.7 Å². The van der Waals surface area contributed by atoms with E-state index in [0.717, 1.165) is 5.69 Å². The summed E-state index contributed by atoms with van der Waals surface area (Å²) in [7, 11) is 3.89. The number of halogens is 2. The van der Waals surface area contributed by atoms with Gasteiger partial charge in [0.2, 0.25) is 0 Å². The smallest absolute Gasteiger partial charge is 0.319 e. The van der Waals surface area contributed by atoms with E-state index in [1.54, 1.807) is 23.0 Å². The number of hydrogen-bond acceptors (Lipinski definition) is 7. The van der Waals surface area contributed by atoms with Gasteiger partial charge in [-0.25, -0.2) is 4.79 Å². The third-order valence-electron chi connectivity index (χ3n) is 4.52. The number of carbonyl (C=O) groups excluding carboxylic acids is 1. The molecule has 29 heavy (non-hydrogen) atoms. The largest absolute Gasteiger partial charge is 0.390 e. The molecule has 0 spiro atoms. The van der Waals surface area contributed by atoms with Gasteiger partial charge in [-0.1, -0.05) is 5.21 Å². The van der Waals surface area contributed by atoms with Crippen molar-refractivity contribution >= 4 is 36.5 Å². The molecule has 4 N–H and O–H groups in total. The van der Waals surface area contributed by atoms with E-state index in [9.17, 15) is 15.0 Å². The van der Waals surface area contributed by atoms with Crippen LogP contribution in [0.15, 0.2) is 30.7 Å². The van der Waals surface area contributed by atoms with Gasteiger partial charge in [-0.2, -0.15) is 0 Å². The normalized spacial score (nSPS) is 23.2. The minimum atomic E-state index is -1.04. The van der Waals surface area contributed by atoms with Gasteiger partial charge in [-0.3, -0.25) is 9.67 Å². The van der Waals surface area contributed by atoms with Gasteiger partial charge in [0.25, 0.3) is 0 Å². The van der Waals surface area contributed by atoms with Crippen LogP contribution in [0, 0.1) is 5.92 Å². The van der Waals surface area contributed by atoms with Gasteiger partial charge in [-0.05, 0) is 32.6 Å². The second-order valence-corrected chi connectivity index (χ2v) is 7.09. The number of hydrogen-bond donors (Lipinski definition) is 4. The molecule has 12 heteroatoms. The van der Waals surface area contributed by atoms with E-state index in [-0.39, 0.29) is 30.7 Å². The summed E-state index contributed by atoms with van der Waals surface area (Å²) in [4.78, 5) is 18.0. The van der Waals surface area contributed by atoms with E-state index in [1.165, 1.54) is 6.20 Å². The number of pyridine rings is 1. The highest BCUT2D eigenvalue weighted by molar-refractivity contribution is 5.89. The predicted octanol–water partition coefficient (Wildman–Crippen LogP) is 0.510. The highest BCUT2D eigenvalue weighted by Crippen LogP contribution is 2.28. The summed E-state index contributed by atoms with van der Waals surface area (Å²) in [5, 5.41) is 34.2. The number of aliphatic hydroxyl groups excluding tert-OH is 2. The fourth-order valence-electron chi connectivity index (χ4n) is 3.29. The number of rotatable bonds is 6. The molecule has 0 aliphatic heterocycles. The minimum absolute atomic E-state index is 0. The molecule has 2 amide bonds. The Morgan fingerprint density at radius 1 is 1.31 bits per heavy atom. The van der Waals surface area contributed by atoms with Crippen molar-refractivity contribution in [2.45, 2.75) is 37.8 Å². The average molecular weight is 448 g/mol. The number of nitrogens with zero attached hydrogens (tertiary/aromatic N) is 5. The monoisotopic (exact) mass is 447 g/mol. The number of carbonyl (C=O) groups is 1. The maximum absolute atomic E-state index is 12.1. The van der Waals surface area contributed by atoms with Gasteiger partial charge in [0, 0.05) is 31.4 Å². The Morgan fingerprint density at radius 3 is 2.72 bits per heavy atom. The molecule has 1 fully saturated rings. The molecule has 2 aromatic rings. The summed E-state index contributed by atoms with van der Waals surface area (Å²) >= 11 is 0. The highest BCUT2D eigenvalue weighted by Gasteiger charge is 2.42. The summed E-state index contributed by atoms with van der Waals surface area (Å²) in [5.74, 6) is -0.238. The van der Waals surface area contributed by atoms with Gasteiger partial charge >= 0.3 is 6.03 Å². The van der Waals surface area contributed by atoms with Gasteiger partial charge in [-0.15, -0.1) is 29.9 Å². The van der Waals surface area contributed by atoms with Gasteiger partial charge < -0.3 is 25.7 Å². The molecule has 0 aromatic carbocycles. The Kier molecular flexibility index (Phi) is 9.74. The lowest BCUT2D eigenvalue weighted by atomic mass is 10.1. The van der Waals surface area contributed by atoms with Crippen LogP contribution in [-0.4, -0.2) is 73.5 Å². The Hall–Kier alpha value is -1.98. The number of aliphatic hydroxyl groups is 2. The van der Waals surface area contributed by atoms with Crippen LogP contribution in [0.3, 0.4) is 0 Å². The Bertz CT molecular complexity index is 762. The van der Waals surface area contributed by atoms with Crippen molar-refractivity contribution < 1.29 is 15.0 Å². The molecule has 0 bridgehead atoms. The Morgan fingerprint density at radius 2 is 2.07 bits per heavy atom. The van der Waals surface area contributed by atoms with E-state index in [4.69, 9.17) is 0 Å². The molecular formula is C17H27Cl2N7O3. The van der Waals surface area contributed by atoms with Crippen LogP contribution in [-0.2, 0) is 13.1 Å². The van der Waals surface area contributed by atoms with Crippen molar-refractivity contribution in [1.29, 1.82) is 0 Å². The van der Waals surface area contributed by atoms with Crippen molar-refractivity contribution in [2.75, 3.05) is 19.4 Å². The fourth-order valence-corrected chi connectivity index (χ4v) is 3.29. The third kappa shape index (κ3) is 6.79. The summed E-state index contributed by atoms with van der Waals surface area (Å²) in [6.45, 7) is 1.09. The van der Waals surface area contributed by atoms with E-state index in [2.05, 4.69) is 25.9 Å². The molecule has 10 nitrogen and oxygen atoms in total.